The number of hydrogen-bond acceptors (Lipinski definition) is 5. The van der Waals surface area contributed by atoms with Gasteiger partial charge in [-0.15, -0.1) is 0 Å². The molecule has 2 aromatic rings. The molecule has 0 spiro atoms. The fourth-order valence-electron chi connectivity index (χ4n) is 4.94. The van der Waals surface area contributed by atoms with Crippen molar-refractivity contribution in [2.24, 2.45) is 10.2 Å². The molecule has 192 valence electrons. The molecule has 5 nitrogen and oxygen atoms in total. The van der Waals surface area contributed by atoms with Gasteiger partial charge in [0.15, 0.2) is 0 Å². The van der Waals surface area contributed by atoms with Gasteiger partial charge in [0, 0.05) is 40.2 Å². The van der Waals surface area contributed by atoms with E-state index >= 15 is 0 Å². The average molecular weight is 536 g/mol. The lowest BCUT2D eigenvalue weighted by molar-refractivity contribution is 0.0429. The molecule has 3 heterocycles. The van der Waals surface area contributed by atoms with E-state index in [2.05, 4.69) is 30.3 Å². The molecule has 0 amide bonds. The zero-order valence-electron chi connectivity index (χ0n) is 19.9. The van der Waals surface area contributed by atoms with Gasteiger partial charge in [0.25, 0.3) is 6.43 Å². The van der Waals surface area contributed by atoms with Crippen LogP contribution in [0.15, 0.2) is 52.8 Å². The SMILES string of the molecule is C=S(C1CCN(C2CC(F)C2)CC1)N(Cc1ccc(C2=NN=C(C(F)F)C2)cn1)c1cccc(Cl)c1. The number of likely N-dealkylation sites (tertiary alicyclic amines) is 1. The van der Waals surface area contributed by atoms with E-state index in [1.807, 2.05) is 36.4 Å². The number of pyridine rings is 1. The van der Waals surface area contributed by atoms with Gasteiger partial charge in [-0.3, -0.25) is 4.98 Å². The molecule has 2 aliphatic heterocycles. The Morgan fingerprint density at radius 2 is 1.92 bits per heavy atom. The number of piperidine rings is 1. The highest BCUT2D eigenvalue weighted by Gasteiger charge is 2.36. The lowest BCUT2D eigenvalue weighted by Crippen LogP contribution is -2.49. The predicted molar refractivity (Wildman–Crippen MR) is 144 cm³/mol. The van der Waals surface area contributed by atoms with Crippen molar-refractivity contribution in [1.82, 2.24) is 9.88 Å². The van der Waals surface area contributed by atoms with Gasteiger partial charge >= 0.3 is 0 Å². The normalized spacial score (nSPS) is 23.8. The molecule has 1 saturated carbocycles. The van der Waals surface area contributed by atoms with Gasteiger partial charge in [-0.1, -0.05) is 34.2 Å². The van der Waals surface area contributed by atoms with Gasteiger partial charge < -0.3 is 9.21 Å². The first kappa shape index (κ1) is 25.4. The molecule has 1 atom stereocenters. The third-order valence-corrected chi connectivity index (χ3v) is 9.56. The molecule has 3 aliphatic rings. The molecule has 1 unspecified atom stereocenters. The lowest BCUT2D eigenvalue weighted by atomic mass is 9.88. The molecular weight excluding hydrogens is 507 g/mol. The van der Waals surface area contributed by atoms with Crippen LogP contribution in [0.4, 0.5) is 18.9 Å². The van der Waals surface area contributed by atoms with Crippen molar-refractivity contribution in [1.29, 1.82) is 0 Å². The van der Waals surface area contributed by atoms with E-state index < -0.39 is 12.6 Å². The van der Waals surface area contributed by atoms with E-state index in [4.69, 9.17) is 11.6 Å². The summed E-state index contributed by atoms with van der Waals surface area (Å²) in [6, 6.07) is 11.9. The second-order valence-electron chi connectivity index (χ2n) is 9.53. The second kappa shape index (κ2) is 11.0. The zero-order valence-corrected chi connectivity index (χ0v) is 21.4. The summed E-state index contributed by atoms with van der Waals surface area (Å²) in [6.07, 6.45) is 1.86. The average Bonchev–Trinajstić information content (AvgIpc) is 3.36. The highest BCUT2D eigenvalue weighted by molar-refractivity contribution is 8.15. The number of hydrogen-bond donors (Lipinski definition) is 0. The third-order valence-electron chi connectivity index (χ3n) is 7.18. The fourth-order valence-corrected chi connectivity index (χ4v) is 6.92. The Morgan fingerprint density at radius 3 is 2.53 bits per heavy atom. The largest absolute Gasteiger partial charge is 0.316 e. The monoisotopic (exact) mass is 535 g/mol. The summed E-state index contributed by atoms with van der Waals surface area (Å²) in [6.45, 7) is 2.50. The topological polar surface area (TPSA) is 44.1 Å². The van der Waals surface area contributed by atoms with Crippen molar-refractivity contribution in [2.45, 2.75) is 62.5 Å². The molecule has 1 saturated heterocycles. The Balaban J connectivity index is 1.28. The van der Waals surface area contributed by atoms with Gasteiger partial charge in [0.2, 0.25) is 0 Å². The van der Waals surface area contributed by atoms with Crippen LogP contribution in [0.3, 0.4) is 0 Å². The first-order chi connectivity index (χ1) is 17.4. The Kier molecular flexibility index (Phi) is 7.79. The Bertz CT molecular complexity index is 1160. The molecule has 10 heteroatoms. The second-order valence-corrected chi connectivity index (χ2v) is 11.9. The van der Waals surface area contributed by atoms with Crippen LogP contribution in [0.2, 0.25) is 5.02 Å². The number of aromatic nitrogens is 1. The summed E-state index contributed by atoms with van der Waals surface area (Å²) in [5.41, 5.74) is 2.82. The van der Waals surface area contributed by atoms with Gasteiger partial charge in [0.1, 0.15) is 11.9 Å². The van der Waals surface area contributed by atoms with Gasteiger partial charge in [0.05, 0.1) is 18.0 Å². The number of rotatable bonds is 8. The van der Waals surface area contributed by atoms with Gasteiger partial charge in [-0.2, -0.15) is 10.2 Å². The highest BCUT2D eigenvalue weighted by atomic mass is 35.5. The molecule has 0 bridgehead atoms. The van der Waals surface area contributed by atoms with Crippen molar-refractivity contribution >= 4 is 45.3 Å². The summed E-state index contributed by atoms with van der Waals surface area (Å²) < 4.78 is 41.4. The predicted octanol–water partition coefficient (Wildman–Crippen LogP) is 6.14. The molecule has 36 heavy (non-hydrogen) atoms. The van der Waals surface area contributed by atoms with E-state index in [1.54, 1.807) is 6.20 Å². The Labute approximate surface area is 217 Å². The number of nitrogens with zero attached hydrogens (tertiary/aromatic N) is 5. The fraction of sp³-hybridized carbons (Fsp3) is 0.462. The van der Waals surface area contributed by atoms with Crippen molar-refractivity contribution in [3.8, 4) is 0 Å². The standard InChI is InChI=1S/C26H29ClF3N5S/c1-36(23-7-9-34(10-8-23)22-12-19(28)13-22)35(21-4-2-3-18(27)11-21)16-20-6-5-17(15-31-20)24-14-25(26(29)30)33-32-24/h2-6,11,15,19,22-23,26H,1,7-10,12-14,16H2. The van der Waals surface area contributed by atoms with E-state index in [0.29, 0.717) is 47.0 Å². The van der Waals surface area contributed by atoms with Crippen LogP contribution in [0, 0.1) is 0 Å². The third kappa shape index (κ3) is 5.68. The summed E-state index contributed by atoms with van der Waals surface area (Å²) in [7, 11) is -0.332. The molecule has 1 aliphatic carbocycles. The molecule has 1 aromatic carbocycles. The minimum atomic E-state index is -2.60. The zero-order chi connectivity index (χ0) is 25.2. The van der Waals surface area contributed by atoms with Crippen LogP contribution >= 0.6 is 22.3 Å². The minimum Gasteiger partial charge on any atom is -0.316 e. The molecule has 5 rings (SSSR count). The number of alkyl halides is 3. The maximum absolute atomic E-state index is 13.3. The van der Waals surface area contributed by atoms with E-state index in [0.717, 1.165) is 37.3 Å². The summed E-state index contributed by atoms with van der Waals surface area (Å²) >= 11 is 6.32. The number of halogens is 4. The Morgan fingerprint density at radius 1 is 1.14 bits per heavy atom. The van der Waals surface area contributed by atoms with Crippen LogP contribution < -0.4 is 4.31 Å². The first-order valence-electron chi connectivity index (χ1n) is 12.2. The van der Waals surface area contributed by atoms with Crippen LogP contribution in [0.5, 0.6) is 0 Å². The van der Waals surface area contributed by atoms with Crippen molar-refractivity contribution in [2.75, 3.05) is 17.4 Å². The van der Waals surface area contributed by atoms with Gasteiger partial charge in [-0.05, 0) is 69.1 Å². The van der Waals surface area contributed by atoms with E-state index in [1.165, 1.54) is 0 Å². The van der Waals surface area contributed by atoms with Crippen molar-refractivity contribution < 1.29 is 13.2 Å². The van der Waals surface area contributed by atoms with Crippen LogP contribution in [0.1, 0.15) is 43.4 Å². The van der Waals surface area contributed by atoms with E-state index in [-0.39, 0.29) is 22.8 Å². The Hall–Kier alpha value is -2.23. The van der Waals surface area contributed by atoms with Crippen LogP contribution in [-0.4, -0.2) is 64.2 Å². The summed E-state index contributed by atoms with van der Waals surface area (Å²) in [5.74, 6) is 4.58. The van der Waals surface area contributed by atoms with Gasteiger partial charge in [-0.25, -0.2) is 13.2 Å². The molecule has 2 fully saturated rings. The molecule has 1 aromatic heterocycles. The number of anilines is 1. The van der Waals surface area contributed by atoms with Crippen molar-refractivity contribution in [3.05, 3.63) is 58.9 Å². The quantitative estimate of drug-likeness (QED) is 0.382. The molecule has 0 radical (unpaired) electrons. The maximum atomic E-state index is 13.3. The summed E-state index contributed by atoms with van der Waals surface area (Å²) in [5, 5.41) is 8.57. The van der Waals surface area contributed by atoms with E-state index in [9.17, 15) is 13.2 Å². The lowest BCUT2D eigenvalue weighted by Gasteiger charge is -2.44. The van der Waals surface area contributed by atoms with Crippen LogP contribution in [-0.2, 0) is 6.54 Å². The van der Waals surface area contributed by atoms with Crippen molar-refractivity contribution in [3.63, 3.8) is 0 Å². The minimum absolute atomic E-state index is 0.0429. The molecular formula is C26H29ClF3N5S. The smallest absolute Gasteiger partial charge is 0.278 e. The maximum Gasteiger partial charge on any atom is 0.278 e. The van der Waals surface area contributed by atoms with Crippen LogP contribution in [0.25, 0.3) is 0 Å². The molecule has 0 N–H and O–H groups in total. The number of benzene rings is 1. The highest BCUT2D eigenvalue weighted by Crippen LogP contribution is 2.39. The first-order valence-corrected chi connectivity index (χ1v) is 14.0. The summed E-state index contributed by atoms with van der Waals surface area (Å²) in [4.78, 5) is 7.04.